The third-order valence-electron chi connectivity index (χ3n) is 5.47. The quantitative estimate of drug-likeness (QED) is 0.172. The van der Waals surface area contributed by atoms with Crippen molar-refractivity contribution in [2.24, 2.45) is 4.99 Å². The molecular weight excluding hydrogens is 508 g/mol. The Morgan fingerprint density at radius 2 is 1.53 bits per heavy atom. The van der Waals surface area contributed by atoms with Gasteiger partial charge in [0.05, 0.1) is 16.9 Å². The molecule has 6 heteroatoms. The average molecular weight is 528 g/mol. The van der Waals surface area contributed by atoms with Gasteiger partial charge in [0.25, 0.3) is 0 Å². The van der Waals surface area contributed by atoms with Crippen LogP contribution in [0.5, 0.6) is 0 Å². The van der Waals surface area contributed by atoms with Crippen molar-refractivity contribution in [1.82, 2.24) is 15.0 Å². The Labute approximate surface area is 211 Å². The summed E-state index contributed by atoms with van der Waals surface area (Å²) >= 11 is 9.77. The van der Waals surface area contributed by atoms with Crippen molar-refractivity contribution in [3.05, 3.63) is 123 Å². The summed E-state index contributed by atoms with van der Waals surface area (Å²) in [6.45, 7) is 2.06. The minimum Gasteiger partial charge on any atom is -0.256 e. The lowest BCUT2D eigenvalue weighted by Gasteiger charge is -2.15. The van der Waals surface area contributed by atoms with Gasteiger partial charge in [-0.3, -0.25) is 4.99 Å². The number of para-hydroxylation sites is 1. The normalized spacial score (nSPS) is 12.3. The highest BCUT2D eigenvalue weighted by Crippen LogP contribution is 2.31. The summed E-state index contributed by atoms with van der Waals surface area (Å²) in [5.41, 5.74) is 7.52. The molecule has 5 aromatic rings. The topological polar surface area (TPSA) is 43.1 Å². The second kappa shape index (κ2) is 9.75. The summed E-state index contributed by atoms with van der Waals surface area (Å²) in [4.78, 5) is 4.82. The fourth-order valence-corrected chi connectivity index (χ4v) is 4.10. The maximum atomic E-state index is 6.22. The first kappa shape index (κ1) is 22.3. The summed E-state index contributed by atoms with van der Waals surface area (Å²) in [6, 6.07) is 32.0. The van der Waals surface area contributed by atoms with Gasteiger partial charge in [0.15, 0.2) is 0 Å². The highest BCUT2D eigenvalue weighted by molar-refractivity contribution is 9.10. The first-order valence-electron chi connectivity index (χ1n) is 10.8. The molecule has 0 saturated carbocycles. The van der Waals surface area contributed by atoms with Gasteiger partial charge in [0.2, 0.25) is 0 Å². The zero-order chi connectivity index (χ0) is 23.5. The summed E-state index contributed by atoms with van der Waals surface area (Å²) in [7, 11) is 0. The number of nitrogens with zero attached hydrogens (tertiary/aromatic N) is 4. The van der Waals surface area contributed by atoms with Crippen LogP contribution in [0, 0.1) is 6.92 Å². The maximum absolute atomic E-state index is 6.22. The Kier molecular flexibility index (Phi) is 6.39. The van der Waals surface area contributed by atoms with E-state index in [1.165, 1.54) is 5.56 Å². The smallest absolute Gasteiger partial charge is 0.113 e. The molecule has 34 heavy (non-hydrogen) atoms. The molecule has 1 aromatic heterocycles. The van der Waals surface area contributed by atoms with Crippen LogP contribution in [0.2, 0.25) is 5.02 Å². The molecule has 0 unspecified atom stereocenters. The minimum atomic E-state index is 0.671. The van der Waals surface area contributed by atoms with Crippen LogP contribution in [0.4, 0.5) is 5.69 Å². The molecule has 4 nitrogen and oxygen atoms in total. The lowest BCUT2D eigenvalue weighted by Crippen LogP contribution is -2.06. The number of hydrogen-bond donors (Lipinski definition) is 0. The molecule has 0 amide bonds. The number of aliphatic imine (C=N–C) groups is 1. The van der Waals surface area contributed by atoms with Gasteiger partial charge in [-0.1, -0.05) is 86.8 Å². The van der Waals surface area contributed by atoms with E-state index in [9.17, 15) is 0 Å². The third-order valence-corrected chi connectivity index (χ3v) is 6.25. The van der Waals surface area contributed by atoms with Crippen LogP contribution < -0.4 is 0 Å². The number of halogens is 2. The molecule has 4 aromatic carbocycles. The molecule has 0 spiro atoms. The molecule has 0 fully saturated rings. The number of fused-ring (bicyclic) bond motifs is 1. The fourth-order valence-electron chi connectivity index (χ4n) is 3.71. The number of hydrogen-bond acceptors (Lipinski definition) is 3. The zero-order valence-corrected chi connectivity index (χ0v) is 20.7. The maximum Gasteiger partial charge on any atom is 0.113 e. The van der Waals surface area contributed by atoms with Crippen molar-refractivity contribution in [2.45, 2.75) is 6.92 Å². The van der Waals surface area contributed by atoms with E-state index in [4.69, 9.17) is 16.6 Å². The van der Waals surface area contributed by atoms with Crippen molar-refractivity contribution in [3.8, 4) is 0 Å². The van der Waals surface area contributed by atoms with Gasteiger partial charge in [0, 0.05) is 26.8 Å². The summed E-state index contributed by atoms with van der Waals surface area (Å²) in [6.07, 6.45) is 1.90. The highest BCUT2D eigenvalue weighted by Gasteiger charge is 2.17. The van der Waals surface area contributed by atoms with Crippen molar-refractivity contribution in [1.29, 1.82) is 0 Å². The van der Waals surface area contributed by atoms with Gasteiger partial charge in [0.1, 0.15) is 5.52 Å². The molecule has 0 radical (unpaired) electrons. The van der Waals surface area contributed by atoms with Gasteiger partial charge in [-0.05, 0) is 61.0 Å². The highest BCUT2D eigenvalue weighted by atomic mass is 79.9. The molecule has 0 N–H and O–H groups in total. The number of aromatic nitrogens is 3. The molecule has 0 aliphatic carbocycles. The molecule has 5 rings (SSSR count). The van der Waals surface area contributed by atoms with E-state index in [0.717, 1.165) is 43.6 Å². The van der Waals surface area contributed by atoms with Crippen LogP contribution in [0.3, 0.4) is 0 Å². The fraction of sp³-hybridized carbons (Fsp3) is 0.0357. The predicted octanol–water partition coefficient (Wildman–Crippen LogP) is 7.97. The molecule has 0 aliphatic heterocycles. The molecule has 0 atom stereocenters. The van der Waals surface area contributed by atoms with E-state index >= 15 is 0 Å². The molecule has 166 valence electrons. The summed E-state index contributed by atoms with van der Waals surface area (Å²) in [5, 5.41) is 9.60. The predicted molar refractivity (Wildman–Crippen MR) is 145 cm³/mol. The first-order valence-corrected chi connectivity index (χ1v) is 11.9. The van der Waals surface area contributed by atoms with E-state index in [1.807, 2.05) is 83.7 Å². The van der Waals surface area contributed by atoms with Gasteiger partial charge >= 0.3 is 0 Å². The van der Waals surface area contributed by atoms with E-state index in [0.29, 0.717) is 5.02 Å². The monoisotopic (exact) mass is 526 g/mol. The number of benzene rings is 4. The van der Waals surface area contributed by atoms with Gasteiger partial charge in [-0.15, -0.1) is 5.10 Å². The van der Waals surface area contributed by atoms with Crippen molar-refractivity contribution >= 4 is 61.7 Å². The summed E-state index contributed by atoms with van der Waals surface area (Å²) in [5.74, 6) is 0. The third kappa shape index (κ3) is 4.72. The minimum absolute atomic E-state index is 0.671. The number of aryl methyl sites for hydroxylation is 1. The van der Waals surface area contributed by atoms with Crippen LogP contribution in [-0.2, 0) is 0 Å². The molecule has 0 bridgehead atoms. The molecule has 0 aliphatic rings. The number of allylic oxidation sites excluding steroid dienone is 1. The van der Waals surface area contributed by atoms with E-state index in [-0.39, 0.29) is 0 Å². The first-order chi connectivity index (χ1) is 16.6. The number of rotatable bonds is 5. The van der Waals surface area contributed by atoms with E-state index in [2.05, 4.69) is 57.4 Å². The largest absolute Gasteiger partial charge is 0.256 e. The second-order valence-corrected chi connectivity index (χ2v) is 9.21. The Hall–Kier alpha value is -3.54. The van der Waals surface area contributed by atoms with Gasteiger partial charge in [-0.2, -0.15) is 0 Å². The van der Waals surface area contributed by atoms with Crippen LogP contribution in [0.15, 0.2) is 107 Å². The lowest BCUT2D eigenvalue weighted by molar-refractivity contribution is 0.843. The van der Waals surface area contributed by atoms with Crippen LogP contribution in [0.25, 0.3) is 22.3 Å². The van der Waals surface area contributed by atoms with Crippen molar-refractivity contribution in [2.75, 3.05) is 0 Å². The van der Waals surface area contributed by atoms with Crippen molar-refractivity contribution < 1.29 is 0 Å². The van der Waals surface area contributed by atoms with Crippen molar-refractivity contribution in [3.63, 3.8) is 0 Å². The molecule has 1 heterocycles. The van der Waals surface area contributed by atoms with E-state index < -0.39 is 0 Å². The Morgan fingerprint density at radius 3 is 2.26 bits per heavy atom. The van der Waals surface area contributed by atoms with Gasteiger partial charge < -0.3 is 0 Å². The van der Waals surface area contributed by atoms with Crippen LogP contribution in [0.1, 0.15) is 16.7 Å². The molecule has 0 saturated heterocycles. The van der Waals surface area contributed by atoms with E-state index in [1.54, 1.807) is 0 Å². The second-order valence-electron chi connectivity index (χ2n) is 7.86. The SMILES string of the molecule is Cc1ccc(N=C/C(=C(\c2ccc(Cl)cc2)n2nnc3ccccc32)c2ccc(Br)cc2)cc1. The Morgan fingerprint density at radius 1 is 0.853 bits per heavy atom. The molecular formula is C28H20BrClN4. The van der Waals surface area contributed by atoms with Gasteiger partial charge in [-0.25, -0.2) is 4.68 Å². The average Bonchev–Trinajstić information content (AvgIpc) is 3.28. The Balaban J connectivity index is 1.80. The van der Waals surface area contributed by atoms with Crippen LogP contribution >= 0.6 is 27.5 Å². The lowest BCUT2D eigenvalue weighted by atomic mass is 10.00. The summed E-state index contributed by atoms with van der Waals surface area (Å²) < 4.78 is 2.88. The standard InChI is InChI=1S/C28H20BrClN4/c1-19-6-16-24(17-7-19)31-18-25(20-8-12-22(29)13-9-20)28(21-10-14-23(30)15-11-21)34-27-5-3-2-4-26(27)32-33-34/h2-18H,1H3/b28-25-,31-18?. The Bertz CT molecular complexity index is 1500. The van der Waals surface area contributed by atoms with Crippen LogP contribution in [-0.4, -0.2) is 21.2 Å². The zero-order valence-electron chi connectivity index (χ0n) is 18.4.